The van der Waals surface area contributed by atoms with Crippen molar-refractivity contribution < 1.29 is 39.3 Å². The highest BCUT2D eigenvalue weighted by Gasteiger charge is 2.32. The van der Waals surface area contributed by atoms with Crippen LogP contribution in [0.15, 0.2) is 0 Å². The molecule has 13 heteroatoms. The van der Waals surface area contributed by atoms with E-state index in [9.17, 15) is 34.2 Å². The number of aliphatic hydroxyl groups is 1. The first kappa shape index (κ1) is 28.2. The Labute approximate surface area is 179 Å². The molecule has 0 saturated heterocycles. The number of carbonyl (C=O) groups is 5. The van der Waals surface area contributed by atoms with E-state index in [1.807, 2.05) is 0 Å². The molecule has 0 aliphatic carbocycles. The molecule has 0 aromatic carbocycles. The molecule has 0 fully saturated rings. The third-order valence-corrected chi connectivity index (χ3v) is 4.32. The van der Waals surface area contributed by atoms with Crippen molar-refractivity contribution in [2.75, 3.05) is 6.54 Å². The summed E-state index contributed by atoms with van der Waals surface area (Å²) in [7, 11) is 0. The number of aliphatic hydroxyl groups excluding tert-OH is 1. The summed E-state index contributed by atoms with van der Waals surface area (Å²) in [6.07, 6.45) is -1.02. The van der Waals surface area contributed by atoms with Gasteiger partial charge in [-0.2, -0.15) is 0 Å². The van der Waals surface area contributed by atoms with Crippen molar-refractivity contribution in [3.05, 3.63) is 0 Å². The van der Waals surface area contributed by atoms with Gasteiger partial charge in [-0.1, -0.05) is 0 Å². The number of nitrogens with two attached hydrogens (primary N) is 2. The molecule has 0 aliphatic rings. The van der Waals surface area contributed by atoms with Gasteiger partial charge < -0.3 is 42.7 Å². The van der Waals surface area contributed by atoms with E-state index in [1.165, 1.54) is 13.8 Å². The second-order valence-electron chi connectivity index (χ2n) is 7.19. The van der Waals surface area contributed by atoms with Gasteiger partial charge in [0.15, 0.2) is 0 Å². The molecular weight excluding hydrogens is 414 g/mol. The van der Waals surface area contributed by atoms with Crippen LogP contribution in [-0.4, -0.2) is 81.8 Å². The Bertz CT molecular complexity index is 640. The lowest BCUT2D eigenvalue weighted by molar-refractivity contribution is -0.144. The molecule has 10 N–H and O–H groups in total. The third-order valence-electron chi connectivity index (χ3n) is 4.32. The number of carbonyl (C=O) groups excluding carboxylic acids is 3. The molecule has 0 bridgehead atoms. The summed E-state index contributed by atoms with van der Waals surface area (Å²) in [5, 5.41) is 34.7. The highest BCUT2D eigenvalue weighted by molar-refractivity contribution is 5.94. The maximum absolute atomic E-state index is 12.7. The molecule has 3 amide bonds. The topological polar surface area (TPSA) is 234 Å². The van der Waals surface area contributed by atoms with Crippen molar-refractivity contribution in [3.8, 4) is 0 Å². The Hall–Kier alpha value is -2.77. The fourth-order valence-corrected chi connectivity index (χ4v) is 2.51. The maximum atomic E-state index is 12.7. The first-order valence-corrected chi connectivity index (χ1v) is 9.90. The third kappa shape index (κ3) is 11.3. The molecule has 0 aromatic rings. The average molecular weight is 447 g/mol. The number of hydrogen-bond donors (Lipinski definition) is 8. The SMILES string of the molecule is CC(N)C(=O)NC(CCCCN)C(=O)NC(C(=O)NC(CCC(=O)O)C(=O)O)C(C)O. The van der Waals surface area contributed by atoms with E-state index >= 15 is 0 Å². The summed E-state index contributed by atoms with van der Waals surface area (Å²) in [6, 6.07) is -5.00. The fourth-order valence-electron chi connectivity index (χ4n) is 2.51. The van der Waals surface area contributed by atoms with Crippen LogP contribution in [0.1, 0.15) is 46.0 Å². The standard InChI is InChI=1S/C18H33N5O8/c1-9(20)15(27)21-11(5-3-4-8-19)16(28)23-14(10(2)24)17(29)22-12(18(30)31)6-7-13(25)26/h9-12,14,24H,3-8,19-20H2,1-2H3,(H,21,27)(H,22,29)(H,23,28)(H,25,26)(H,30,31). The van der Waals surface area contributed by atoms with E-state index in [4.69, 9.17) is 16.6 Å². The minimum atomic E-state index is -1.54. The largest absolute Gasteiger partial charge is 0.481 e. The summed E-state index contributed by atoms with van der Waals surface area (Å²) in [5.41, 5.74) is 10.9. The first-order valence-electron chi connectivity index (χ1n) is 9.90. The first-order chi connectivity index (χ1) is 14.4. The van der Waals surface area contributed by atoms with Gasteiger partial charge in [-0.15, -0.1) is 0 Å². The number of carboxylic acid groups (broad SMARTS) is 2. The van der Waals surface area contributed by atoms with Crippen molar-refractivity contribution in [2.45, 2.75) is 76.2 Å². The Morgan fingerprint density at radius 3 is 1.87 bits per heavy atom. The van der Waals surface area contributed by atoms with Crippen molar-refractivity contribution >= 4 is 29.7 Å². The van der Waals surface area contributed by atoms with Gasteiger partial charge in [0.05, 0.1) is 12.1 Å². The summed E-state index contributed by atoms with van der Waals surface area (Å²) in [6.45, 7) is 3.02. The lowest BCUT2D eigenvalue weighted by Gasteiger charge is -2.26. The van der Waals surface area contributed by atoms with Crippen molar-refractivity contribution in [1.82, 2.24) is 16.0 Å². The number of carboxylic acids is 2. The lowest BCUT2D eigenvalue weighted by atomic mass is 10.1. The van der Waals surface area contributed by atoms with Crippen molar-refractivity contribution in [1.29, 1.82) is 0 Å². The molecule has 0 rings (SSSR count). The van der Waals surface area contributed by atoms with Crippen LogP contribution in [0.25, 0.3) is 0 Å². The van der Waals surface area contributed by atoms with Crippen LogP contribution in [0, 0.1) is 0 Å². The summed E-state index contributed by atoms with van der Waals surface area (Å²) < 4.78 is 0. The zero-order valence-corrected chi connectivity index (χ0v) is 17.7. The van der Waals surface area contributed by atoms with Crippen LogP contribution in [0.4, 0.5) is 0 Å². The molecule has 0 heterocycles. The van der Waals surface area contributed by atoms with Crippen molar-refractivity contribution in [2.24, 2.45) is 11.5 Å². The Morgan fingerprint density at radius 2 is 1.42 bits per heavy atom. The monoisotopic (exact) mass is 447 g/mol. The van der Waals surface area contributed by atoms with E-state index in [2.05, 4.69) is 16.0 Å². The Kier molecular flexibility index (Phi) is 13.0. The molecule has 31 heavy (non-hydrogen) atoms. The fraction of sp³-hybridized carbons (Fsp3) is 0.722. The van der Waals surface area contributed by atoms with E-state index in [0.29, 0.717) is 19.4 Å². The zero-order chi connectivity index (χ0) is 24.1. The van der Waals surface area contributed by atoms with E-state index in [1.54, 1.807) is 0 Å². The predicted molar refractivity (Wildman–Crippen MR) is 109 cm³/mol. The predicted octanol–water partition coefficient (Wildman–Crippen LogP) is -2.75. The minimum Gasteiger partial charge on any atom is -0.481 e. The van der Waals surface area contributed by atoms with Gasteiger partial charge in [0.1, 0.15) is 18.1 Å². The molecule has 5 unspecified atom stereocenters. The second kappa shape index (κ2) is 14.3. The van der Waals surface area contributed by atoms with Gasteiger partial charge in [0.25, 0.3) is 0 Å². The summed E-state index contributed by atoms with van der Waals surface area (Å²) in [5.74, 6) is -5.09. The number of hydrogen-bond acceptors (Lipinski definition) is 8. The molecule has 0 saturated carbocycles. The quantitative estimate of drug-likeness (QED) is 0.120. The second-order valence-corrected chi connectivity index (χ2v) is 7.19. The van der Waals surface area contributed by atoms with E-state index in [-0.39, 0.29) is 12.8 Å². The summed E-state index contributed by atoms with van der Waals surface area (Å²) in [4.78, 5) is 59.0. The zero-order valence-electron chi connectivity index (χ0n) is 17.7. The van der Waals surface area contributed by atoms with E-state index < -0.39 is 66.4 Å². The minimum absolute atomic E-state index is 0.200. The normalized spacial score (nSPS) is 15.6. The van der Waals surface area contributed by atoms with Crippen LogP contribution in [-0.2, 0) is 24.0 Å². The Morgan fingerprint density at radius 1 is 0.839 bits per heavy atom. The highest BCUT2D eigenvalue weighted by atomic mass is 16.4. The van der Waals surface area contributed by atoms with Gasteiger partial charge in [-0.3, -0.25) is 19.2 Å². The molecule has 13 nitrogen and oxygen atoms in total. The van der Waals surface area contributed by atoms with Gasteiger partial charge in [-0.25, -0.2) is 4.79 Å². The smallest absolute Gasteiger partial charge is 0.326 e. The number of aliphatic carboxylic acids is 2. The van der Waals surface area contributed by atoms with Crippen molar-refractivity contribution in [3.63, 3.8) is 0 Å². The van der Waals surface area contributed by atoms with Gasteiger partial charge in [0.2, 0.25) is 17.7 Å². The number of unbranched alkanes of at least 4 members (excludes halogenated alkanes) is 1. The Balaban J connectivity index is 5.31. The molecular formula is C18H33N5O8. The van der Waals surface area contributed by atoms with Gasteiger partial charge in [-0.05, 0) is 46.1 Å². The average Bonchev–Trinajstić information content (AvgIpc) is 2.67. The highest BCUT2D eigenvalue weighted by Crippen LogP contribution is 2.05. The molecule has 0 aliphatic heterocycles. The number of amides is 3. The summed E-state index contributed by atoms with van der Waals surface area (Å²) >= 11 is 0. The van der Waals surface area contributed by atoms with Crippen LogP contribution < -0.4 is 27.4 Å². The van der Waals surface area contributed by atoms with Crippen LogP contribution in [0.3, 0.4) is 0 Å². The number of nitrogens with one attached hydrogen (secondary N) is 3. The maximum Gasteiger partial charge on any atom is 0.326 e. The molecule has 0 spiro atoms. The number of rotatable bonds is 15. The molecule has 178 valence electrons. The lowest BCUT2D eigenvalue weighted by Crippen LogP contribution is -2.59. The van der Waals surface area contributed by atoms with Gasteiger partial charge in [0, 0.05) is 6.42 Å². The molecule has 0 aromatic heterocycles. The van der Waals surface area contributed by atoms with E-state index in [0.717, 1.165) is 0 Å². The molecule has 0 radical (unpaired) electrons. The molecule has 5 atom stereocenters. The van der Waals surface area contributed by atoms with Gasteiger partial charge >= 0.3 is 11.9 Å². The van der Waals surface area contributed by atoms with Crippen LogP contribution in [0.5, 0.6) is 0 Å². The van der Waals surface area contributed by atoms with Crippen LogP contribution in [0.2, 0.25) is 0 Å². The van der Waals surface area contributed by atoms with Crippen LogP contribution >= 0.6 is 0 Å².